The molecular weight excluding hydrogens is 601 g/mol. The maximum absolute atomic E-state index is 2.41. The van der Waals surface area contributed by atoms with E-state index in [4.69, 9.17) is 0 Å². The molecule has 0 bridgehead atoms. The highest BCUT2D eigenvalue weighted by molar-refractivity contribution is 6.17. The Bertz CT molecular complexity index is 2830. The molecular formula is C50H32. The summed E-state index contributed by atoms with van der Waals surface area (Å²) in [6.45, 7) is 0. The maximum atomic E-state index is 2.41. The minimum atomic E-state index is 1.22. The lowest BCUT2D eigenvalue weighted by Gasteiger charge is -2.19. The molecule has 0 saturated heterocycles. The van der Waals surface area contributed by atoms with Gasteiger partial charge in [0.15, 0.2) is 0 Å². The fourth-order valence-corrected chi connectivity index (χ4v) is 8.16. The lowest BCUT2D eigenvalue weighted by atomic mass is 9.85. The molecule has 0 fully saturated rings. The van der Waals surface area contributed by atoms with Crippen LogP contribution in [0, 0.1) is 0 Å². The summed E-state index contributed by atoms with van der Waals surface area (Å²) in [5.74, 6) is 0. The van der Waals surface area contributed by atoms with Crippen molar-refractivity contribution in [3.8, 4) is 44.5 Å². The summed E-state index contributed by atoms with van der Waals surface area (Å²) in [7, 11) is 0. The smallest absolute Gasteiger partial charge is 0.00201 e. The molecule has 232 valence electrons. The van der Waals surface area contributed by atoms with E-state index in [-0.39, 0.29) is 0 Å². The van der Waals surface area contributed by atoms with Crippen LogP contribution in [0.1, 0.15) is 0 Å². The van der Waals surface area contributed by atoms with E-state index in [1.165, 1.54) is 98.4 Å². The quantitative estimate of drug-likeness (QED) is 0.181. The topological polar surface area (TPSA) is 0 Å². The summed E-state index contributed by atoms with van der Waals surface area (Å²) in [4.78, 5) is 0. The minimum Gasteiger partial charge on any atom is -0.0616 e. The van der Waals surface area contributed by atoms with Gasteiger partial charge in [0.1, 0.15) is 0 Å². The molecule has 0 aromatic heterocycles. The van der Waals surface area contributed by atoms with Crippen molar-refractivity contribution in [3.63, 3.8) is 0 Å². The Morgan fingerprint density at radius 1 is 0.200 bits per heavy atom. The van der Waals surface area contributed by atoms with Gasteiger partial charge in [-0.15, -0.1) is 0 Å². The molecule has 0 radical (unpaired) electrons. The summed E-state index contributed by atoms with van der Waals surface area (Å²) in [5, 5.41) is 12.6. The molecule has 0 saturated carbocycles. The second-order valence-electron chi connectivity index (χ2n) is 13.2. The normalized spacial score (nSPS) is 11.6. The Morgan fingerprint density at radius 3 is 1.12 bits per heavy atom. The third kappa shape index (κ3) is 4.54. The van der Waals surface area contributed by atoms with E-state index in [2.05, 4.69) is 194 Å². The minimum absolute atomic E-state index is 1.22. The molecule has 0 atom stereocenters. The Hall–Kier alpha value is -6.50. The molecule has 0 spiro atoms. The predicted octanol–water partition coefficient (Wildman–Crippen LogP) is 14.1. The van der Waals surface area contributed by atoms with Gasteiger partial charge in [0, 0.05) is 0 Å². The number of hydrogen-bond donors (Lipinski definition) is 0. The SMILES string of the molecule is c1ccc2c(-c3cccc4ccc(-c5ccc(-c6cccc7ccccc67)c6c(-c7cccc8ccccc78)cccc56)cc34)cccc2c1. The van der Waals surface area contributed by atoms with Gasteiger partial charge in [-0.05, 0) is 104 Å². The van der Waals surface area contributed by atoms with Crippen molar-refractivity contribution in [1.29, 1.82) is 0 Å². The largest absolute Gasteiger partial charge is 0.0616 e. The molecule has 0 aliphatic heterocycles. The van der Waals surface area contributed by atoms with Crippen LogP contribution in [0.5, 0.6) is 0 Å². The molecule has 0 aliphatic rings. The molecule has 0 aliphatic carbocycles. The second kappa shape index (κ2) is 11.6. The van der Waals surface area contributed by atoms with E-state index in [1.54, 1.807) is 0 Å². The van der Waals surface area contributed by atoms with Crippen LogP contribution in [-0.2, 0) is 0 Å². The first kappa shape index (κ1) is 28.5. The van der Waals surface area contributed by atoms with Crippen LogP contribution in [0.4, 0.5) is 0 Å². The van der Waals surface area contributed by atoms with Crippen molar-refractivity contribution in [3.05, 3.63) is 194 Å². The summed E-state index contributed by atoms with van der Waals surface area (Å²) < 4.78 is 0. The molecule has 0 heterocycles. The molecule has 10 aromatic rings. The number of rotatable bonds is 4. The van der Waals surface area contributed by atoms with Crippen molar-refractivity contribution in [2.45, 2.75) is 0 Å². The highest BCUT2D eigenvalue weighted by Crippen LogP contribution is 2.45. The van der Waals surface area contributed by atoms with Gasteiger partial charge in [0.05, 0.1) is 0 Å². The third-order valence-electron chi connectivity index (χ3n) is 10.5. The zero-order valence-corrected chi connectivity index (χ0v) is 27.5. The first-order chi connectivity index (χ1) is 24.8. The highest BCUT2D eigenvalue weighted by atomic mass is 14.2. The van der Waals surface area contributed by atoms with Gasteiger partial charge in [-0.1, -0.05) is 188 Å². The Balaban J connectivity index is 1.27. The van der Waals surface area contributed by atoms with E-state index in [0.717, 1.165) is 0 Å². The van der Waals surface area contributed by atoms with Crippen LogP contribution in [0.3, 0.4) is 0 Å². The van der Waals surface area contributed by atoms with E-state index in [1.807, 2.05) is 0 Å². The zero-order valence-electron chi connectivity index (χ0n) is 27.5. The lowest BCUT2D eigenvalue weighted by molar-refractivity contribution is 1.64. The highest BCUT2D eigenvalue weighted by Gasteiger charge is 2.18. The monoisotopic (exact) mass is 632 g/mol. The predicted molar refractivity (Wildman–Crippen MR) is 216 cm³/mol. The molecule has 0 nitrogen and oxygen atoms in total. The molecule has 50 heavy (non-hydrogen) atoms. The standard InChI is InChI=1S/C50H32/c1-4-19-38-33(12-1)15-7-22-42(38)45-25-10-18-36-28-29-37(32-49(36)45)41-30-31-48(44-24-9-17-35-14-3-6-21-40(35)44)50-46(41)26-11-27-47(50)43-23-8-16-34-13-2-5-20-39(34)43/h1-32H. The summed E-state index contributed by atoms with van der Waals surface area (Å²) in [5.41, 5.74) is 9.99. The van der Waals surface area contributed by atoms with Crippen molar-refractivity contribution in [1.82, 2.24) is 0 Å². The number of fused-ring (bicyclic) bond motifs is 5. The van der Waals surface area contributed by atoms with Crippen LogP contribution >= 0.6 is 0 Å². The van der Waals surface area contributed by atoms with Gasteiger partial charge in [0.25, 0.3) is 0 Å². The first-order valence-corrected chi connectivity index (χ1v) is 17.4. The summed E-state index contributed by atoms with van der Waals surface area (Å²) in [6.07, 6.45) is 0. The maximum Gasteiger partial charge on any atom is -0.00201 e. The van der Waals surface area contributed by atoms with Crippen molar-refractivity contribution in [2.24, 2.45) is 0 Å². The van der Waals surface area contributed by atoms with Crippen LogP contribution in [0.25, 0.3) is 98.4 Å². The van der Waals surface area contributed by atoms with E-state index < -0.39 is 0 Å². The van der Waals surface area contributed by atoms with Gasteiger partial charge in [-0.2, -0.15) is 0 Å². The van der Waals surface area contributed by atoms with E-state index in [9.17, 15) is 0 Å². The van der Waals surface area contributed by atoms with Crippen molar-refractivity contribution < 1.29 is 0 Å². The fraction of sp³-hybridized carbons (Fsp3) is 0. The Kier molecular flexibility index (Phi) is 6.60. The zero-order chi connectivity index (χ0) is 33.0. The summed E-state index contributed by atoms with van der Waals surface area (Å²) >= 11 is 0. The third-order valence-corrected chi connectivity index (χ3v) is 10.5. The molecule has 0 N–H and O–H groups in total. The van der Waals surface area contributed by atoms with E-state index in [0.29, 0.717) is 0 Å². The van der Waals surface area contributed by atoms with Gasteiger partial charge in [-0.3, -0.25) is 0 Å². The molecule has 10 aromatic carbocycles. The number of hydrogen-bond acceptors (Lipinski definition) is 0. The van der Waals surface area contributed by atoms with Gasteiger partial charge in [-0.25, -0.2) is 0 Å². The van der Waals surface area contributed by atoms with Crippen molar-refractivity contribution >= 4 is 53.9 Å². The average molecular weight is 633 g/mol. The lowest BCUT2D eigenvalue weighted by Crippen LogP contribution is -1.92. The molecule has 0 unspecified atom stereocenters. The molecule has 10 rings (SSSR count). The van der Waals surface area contributed by atoms with Gasteiger partial charge >= 0.3 is 0 Å². The average Bonchev–Trinajstić information content (AvgIpc) is 3.19. The van der Waals surface area contributed by atoms with Crippen LogP contribution in [0.2, 0.25) is 0 Å². The van der Waals surface area contributed by atoms with Crippen LogP contribution < -0.4 is 0 Å². The second-order valence-corrected chi connectivity index (χ2v) is 13.2. The van der Waals surface area contributed by atoms with Gasteiger partial charge in [0.2, 0.25) is 0 Å². The fourth-order valence-electron chi connectivity index (χ4n) is 8.16. The Labute approximate surface area is 291 Å². The Morgan fingerprint density at radius 2 is 0.560 bits per heavy atom. The van der Waals surface area contributed by atoms with E-state index >= 15 is 0 Å². The van der Waals surface area contributed by atoms with Gasteiger partial charge < -0.3 is 0 Å². The molecule has 0 heteroatoms. The van der Waals surface area contributed by atoms with Crippen LogP contribution in [-0.4, -0.2) is 0 Å². The first-order valence-electron chi connectivity index (χ1n) is 17.4. The summed E-state index contributed by atoms with van der Waals surface area (Å²) in [6, 6.07) is 71.4. The van der Waals surface area contributed by atoms with Crippen molar-refractivity contribution in [2.75, 3.05) is 0 Å². The van der Waals surface area contributed by atoms with Crippen LogP contribution in [0.15, 0.2) is 194 Å². The molecule has 0 amide bonds. The number of benzene rings is 10.